The van der Waals surface area contributed by atoms with Gasteiger partial charge >= 0.3 is 0 Å². The Labute approximate surface area is 172 Å². The number of nitrogens with two attached hydrogens (primary N) is 1. The van der Waals surface area contributed by atoms with Gasteiger partial charge in [0.15, 0.2) is 0 Å². The lowest BCUT2D eigenvalue weighted by atomic mass is 9.97. The zero-order valence-electron chi connectivity index (χ0n) is 15.7. The Kier molecular flexibility index (Phi) is 4.23. The van der Waals surface area contributed by atoms with Gasteiger partial charge in [0, 0.05) is 24.7 Å². The van der Waals surface area contributed by atoms with E-state index < -0.39 is 5.60 Å². The van der Waals surface area contributed by atoms with Crippen molar-refractivity contribution >= 4 is 22.8 Å². The van der Waals surface area contributed by atoms with Crippen molar-refractivity contribution in [3.63, 3.8) is 0 Å². The Hall–Kier alpha value is -3.02. The molecule has 2 fully saturated rings. The highest BCUT2D eigenvalue weighted by Gasteiger charge is 2.48. The molecule has 1 aliphatic carbocycles. The van der Waals surface area contributed by atoms with Gasteiger partial charge in [-0.1, -0.05) is 6.07 Å². The maximum atomic E-state index is 10.9. The fourth-order valence-corrected chi connectivity index (χ4v) is 4.62. The maximum absolute atomic E-state index is 10.9. The molecule has 29 heavy (non-hydrogen) atoms. The summed E-state index contributed by atoms with van der Waals surface area (Å²) in [5.41, 5.74) is 7.89. The number of hydrogen-bond donors (Lipinski definition) is 2. The van der Waals surface area contributed by atoms with Gasteiger partial charge in [-0.25, -0.2) is 15.0 Å². The SMILES string of the molecule is N#Cc1c(N)cc(-c2nccs2)nc1-c1cccc(N2CCC(O)(C3CC3)C2)n1. The Morgan fingerprint density at radius 1 is 1.28 bits per heavy atom. The molecule has 8 heteroatoms. The molecule has 1 aliphatic heterocycles. The van der Waals surface area contributed by atoms with Crippen molar-refractivity contribution in [1.29, 1.82) is 5.26 Å². The van der Waals surface area contributed by atoms with E-state index in [1.807, 2.05) is 23.6 Å². The van der Waals surface area contributed by atoms with E-state index in [2.05, 4.69) is 20.9 Å². The first-order valence-electron chi connectivity index (χ1n) is 9.62. The second-order valence-electron chi connectivity index (χ2n) is 7.70. The van der Waals surface area contributed by atoms with Crippen LogP contribution in [0.4, 0.5) is 11.5 Å². The number of rotatable bonds is 4. The number of nitrogen functional groups attached to an aromatic ring is 1. The van der Waals surface area contributed by atoms with Crippen molar-refractivity contribution in [2.75, 3.05) is 23.7 Å². The molecule has 1 atom stereocenters. The number of aliphatic hydroxyl groups is 1. The Balaban J connectivity index is 1.53. The van der Waals surface area contributed by atoms with Crippen LogP contribution in [0.15, 0.2) is 35.8 Å². The minimum absolute atomic E-state index is 0.311. The molecule has 7 nitrogen and oxygen atoms in total. The Morgan fingerprint density at radius 2 is 2.14 bits per heavy atom. The number of aromatic nitrogens is 3. The molecule has 3 aromatic heterocycles. The first-order chi connectivity index (χ1) is 14.1. The summed E-state index contributed by atoms with van der Waals surface area (Å²) in [5, 5.41) is 23.1. The van der Waals surface area contributed by atoms with E-state index in [0.717, 1.165) is 36.6 Å². The highest BCUT2D eigenvalue weighted by atomic mass is 32.1. The maximum Gasteiger partial charge on any atom is 0.141 e. The second kappa shape index (κ2) is 6.79. The number of pyridine rings is 2. The van der Waals surface area contributed by atoms with Gasteiger partial charge in [0.2, 0.25) is 0 Å². The summed E-state index contributed by atoms with van der Waals surface area (Å²) in [6, 6.07) is 9.51. The van der Waals surface area contributed by atoms with E-state index in [1.54, 1.807) is 12.3 Å². The average molecular weight is 404 g/mol. The predicted molar refractivity (Wildman–Crippen MR) is 112 cm³/mol. The standard InChI is InChI=1S/C21H20N6OS/c22-11-14-15(23)10-17(20-24-7-9-29-20)26-19(14)16-2-1-3-18(25-16)27-8-6-21(28,12-27)13-4-5-13/h1-3,7,9-10,13,28H,4-6,8,12H2,(H2,23,26). The van der Waals surface area contributed by atoms with Gasteiger partial charge in [0.25, 0.3) is 0 Å². The molecule has 1 saturated heterocycles. The lowest BCUT2D eigenvalue weighted by Crippen LogP contribution is -2.35. The van der Waals surface area contributed by atoms with Crippen molar-refractivity contribution in [2.45, 2.75) is 24.9 Å². The zero-order chi connectivity index (χ0) is 20.0. The molecular formula is C21H20N6OS. The molecule has 0 bridgehead atoms. The number of thiazole rings is 1. The third kappa shape index (κ3) is 3.22. The molecule has 1 saturated carbocycles. The van der Waals surface area contributed by atoms with Crippen LogP contribution in [0.2, 0.25) is 0 Å². The highest BCUT2D eigenvalue weighted by Crippen LogP contribution is 2.45. The summed E-state index contributed by atoms with van der Waals surface area (Å²) < 4.78 is 0. The fraction of sp³-hybridized carbons (Fsp3) is 0.333. The average Bonchev–Trinajstić information content (AvgIpc) is 3.31. The van der Waals surface area contributed by atoms with Gasteiger partial charge < -0.3 is 15.7 Å². The predicted octanol–water partition coefficient (Wildman–Crippen LogP) is 3.07. The molecule has 3 N–H and O–H groups in total. The molecule has 146 valence electrons. The van der Waals surface area contributed by atoms with Crippen LogP contribution in [0.5, 0.6) is 0 Å². The van der Waals surface area contributed by atoms with Crippen LogP contribution in [0.3, 0.4) is 0 Å². The van der Waals surface area contributed by atoms with E-state index >= 15 is 0 Å². The molecule has 0 aromatic carbocycles. The van der Waals surface area contributed by atoms with Crippen molar-refractivity contribution in [3.05, 3.63) is 41.4 Å². The summed E-state index contributed by atoms with van der Waals surface area (Å²) in [7, 11) is 0. The number of nitriles is 1. The minimum Gasteiger partial charge on any atom is -0.398 e. The first-order valence-corrected chi connectivity index (χ1v) is 10.5. The quantitative estimate of drug-likeness (QED) is 0.687. The molecule has 0 amide bonds. The molecule has 0 radical (unpaired) electrons. The third-order valence-corrected chi connectivity index (χ3v) is 6.53. The smallest absolute Gasteiger partial charge is 0.141 e. The monoisotopic (exact) mass is 404 g/mol. The van der Waals surface area contributed by atoms with E-state index in [4.69, 9.17) is 10.7 Å². The van der Waals surface area contributed by atoms with Crippen LogP contribution in [0.25, 0.3) is 22.1 Å². The van der Waals surface area contributed by atoms with Crippen molar-refractivity contribution < 1.29 is 5.11 Å². The second-order valence-corrected chi connectivity index (χ2v) is 8.59. The van der Waals surface area contributed by atoms with Gasteiger partial charge in [0.1, 0.15) is 33.8 Å². The largest absolute Gasteiger partial charge is 0.398 e. The van der Waals surface area contributed by atoms with Crippen LogP contribution in [-0.2, 0) is 0 Å². The van der Waals surface area contributed by atoms with Crippen LogP contribution >= 0.6 is 11.3 Å². The molecule has 5 rings (SSSR count). The number of nitrogens with zero attached hydrogens (tertiary/aromatic N) is 5. The molecule has 0 spiro atoms. The Bertz CT molecular complexity index is 1100. The van der Waals surface area contributed by atoms with Gasteiger partial charge in [-0.3, -0.25) is 0 Å². The summed E-state index contributed by atoms with van der Waals surface area (Å²) in [4.78, 5) is 15.8. The summed E-state index contributed by atoms with van der Waals surface area (Å²) in [5.74, 6) is 1.19. The molecule has 4 heterocycles. The molecular weight excluding hydrogens is 384 g/mol. The first kappa shape index (κ1) is 18.0. The molecule has 1 unspecified atom stereocenters. The lowest BCUT2D eigenvalue weighted by Gasteiger charge is -2.23. The number of hydrogen-bond acceptors (Lipinski definition) is 8. The zero-order valence-corrected chi connectivity index (χ0v) is 16.6. The van der Waals surface area contributed by atoms with Crippen molar-refractivity contribution in [2.24, 2.45) is 5.92 Å². The van der Waals surface area contributed by atoms with Gasteiger partial charge in [-0.05, 0) is 43.4 Å². The summed E-state index contributed by atoms with van der Waals surface area (Å²) in [6.45, 7) is 1.36. The lowest BCUT2D eigenvalue weighted by molar-refractivity contribution is 0.0400. The van der Waals surface area contributed by atoms with Crippen LogP contribution in [-0.4, -0.2) is 38.7 Å². The van der Waals surface area contributed by atoms with Crippen LogP contribution < -0.4 is 10.6 Å². The number of β-amino-alcohol motifs (C(OH)–C–C–N with tert-alkyl or cyclic N) is 1. The van der Waals surface area contributed by atoms with E-state index in [9.17, 15) is 10.4 Å². The highest BCUT2D eigenvalue weighted by molar-refractivity contribution is 7.13. The van der Waals surface area contributed by atoms with Crippen molar-refractivity contribution in [3.8, 4) is 28.2 Å². The summed E-state index contributed by atoms with van der Waals surface area (Å²) >= 11 is 1.47. The van der Waals surface area contributed by atoms with E-state index in [-0.39, 0.29) is 0 Å². The van der Waals surface area contributed by atoms with Gasteiger partial charge in [-0.2, -0.15) is 5.26 Å². The topological polar surface area (TPSA) is 112 Å². The van der Waals surface area contributed by atoms with Crippen molar-refractivity contribution in [1.82, 2.24) is 15.0 Å². The van der Waals surface area contributed by atoms with E-state index in [0.29, 0.717) is 40.8 Å². The van der Waals surface area contributed by atoms with Gasteiger partial charge in [0.05, 0.1) is 17.0 Å². The number of anilines is 2. The minimum atomic E-state index is -0.608. The van der Waals surface area contributed by atoms with Crippen LogP contribution in [0.1, 0.15) is 24.8 Å². The van der Waals surface area contributed by atoms with E-state index in [1.165, 1.54) is 11.3 Å². The molecule has 3 aromatic rings. The Morgan fingerprint density at radius 3 is 2.86 bits per heavy atom. The van der Waals surface area contributed by atoms with Crippen LogP contribution in [0, 0.1) is 17.2 Å². The normalized spacial score (nSPS) is 21.3. The van der Waals surface area contributed by atoms with Gasteiger partial charge in [-0.15, -0.1) is 11.3 Å². The fourth-order valence-electron chi connectivity index (χ4n) is 4.03. The third-order valence-electron chi connectivity index (χ3n) is 5.73. The summed E-state index contributed by atoms with van der Waals surface area (Å²) in [6.07, 6.45) is 4.69. The molecule has 2 aliphatic rings.